The topological polar surface area (TPSA) is 137 Å². The van der Waals surface area contributed by atoms with E-state index in [4.69, 9.17) is 21.8 Å². The highest BCUT2D eigenvalue weighted by Crippen LogP contribution is 2.31. The number of nitrogen functional groups attached to an aromatic ring is 1. The van der Waals surface area contributed by atoms with Crippen LogP contribution in [0.25, 0.3) is 0 Å². The molecule has 11 heteroatoms. The molecule has 0 saturated carbocycles. The molecule has 2 aliphatic rings. The van der Waals surface area contributed by atoms with Crippen LogP contribution in [-0.2, 0) is 0 Å². The van der Waals surface area contributed by atoms with Gasteiger partial charge in [-0.1, -0.05) is 11.6 Å². The molecule has 29 heavy (non-hydrogen) atoms. The lowest BCUT2D eigenvalue weighted by atomic mass is 9.90. The number of hydrogen-bond donors (Lipinski definition) is 4. The SMILES string of the molecule is Nc1nc(C(=O)Nc2cc(N3CCN(C(=O)O)C(C4CNC4)C3)ccc2Cl)co1. The van der Waals surface area contributed by atoms with Crippen LogP contribution in [0.15, 0.2) is 28.9 Å². The van der Waals surface area contributed by atoms with Crippen molar-refractivity contribution in [1.29, 1.82) is 0 Å². The van der Waals surface area contributed by atoms with Crippen molar-refractivity contribution in [2.75, 3.05) is 48.7 Å². The minimum Gasteiger partial charge on any atom is -0.465 e. The Morgan fingerprint density at radius 1 is 1.34 bits per heavy atom. The zero-order chi connectivity index (χ0) is 20.5. The van der Waals surface area contributed by atoms with E-state index in [1.54, 1.807) is 12.1 Å². The quantitative estimate of drug-likeness (QED) is 0.584. The molecule has 1 unspecified atom stereocenters. The number of hydrogen-bond acceptors (Lipinski definition) is 7. The fraction of sp³-hybridized carbons (Fsp3) is 0.389. The van der Waals surface area contributed by atoms with E-state index in [0.717, 1.165) is 18.8 Å². The molecule has 2 amide bonds. The smallest absolute Gasteiger partial charge is 0.407 e. The van der Waals surface area contributed by atoms with Crippen LogP contribution < -0.4 is 21.3 Å². The van der Waals surface area contributed by atoms with Crippen LogP contribution in [0.5, 0.6) is 0 Å². The summed E-state index contributed by atoms with van der Waals surface area (Å²) in [6.45, 7) is 3.17. The van der Waals surface area contributed by atoms with Gasteiger partial charge in [0.2, 0.25) is 0 Å². The molecule has 0 aliphatic carbocycles. The molecule has 2 aliphatic heterocycles. The fourth-order valence-electron chi connectivity index (χ4n) is 3.65. The summed E-state index contributed by atoms with van der Waals surface area (Å²) in [5.41, 5.74) is 6.74. The van der Waals surface area contributed by atoms with Gasteiger partial charge in [-0.25, -0.2) is 4.79 Å². The summed E-state index contributed by atoms with van der Waals surface area (Å²) < 4.78 is 4.86. The van der Waals surface area contributed by atoms with Crippen molar-refractivity contribution < 1.29 is 19.1 Å². The first-order chi connectivity index (χ1) is 13.9. The van der Waals surface area contributed by atoms with Gasteiger partial charge < -0.3 is 35.7 Å². The van der Waals surface area contributed by atoms with E-state index in [-0.39, 0.29) is 23.7 Å². The number of nitrogens with two attached hydrogens (primary N) is 1. The summed E-state index contributed by atoms with van der Waals surface area (Å²) in [7, 11) is 0. The fourth-order valence-corrected chi connectivity index (χ4v) is 3.82. The predicted octanol–water partition coefficient (Wildman–Crippen LogP) is 1.55. The first kappa shape index (κ1) is 19.3. The molecule has 5 N–H and O–H groups in total. The van der Waals surface area contributed by atoms with Crippen LogP contribution in [0, 0.1) is 5.92 Å². The zero-order valence-corrected chi connectivity index (χ0v) is 16.2. The van der Waals surface area contributed by atoms with Crippen LogP contribution >= 0.6 is 11.6 Å². The average molecular weight is 421 g/mol. The number of nitrogens with zero attached hydrogens (tertiary/aromatic N) is 3. The molecular formula is C18H21ClN6O4. The first-order valence-electron chi connectivity index (χ1n) is 9.19. The minimum absolute atomic E-state index is 0.0524. The van der Waals surface area contributed by atoms with Crippen molar-refractivity contribution in [2.45, 2.75) is 6.04 Å². The molecule has 0 radical (unpaired) electrons. The summed E-state index contributed by atoms with van der Waals surface area (Å²) in [4.78, 5) is 31.4. The summed E-state index contributed by atoms with van der Waals surface area (Å²) in [5, 5.41) is 15.8. The van der Waals surface area contributed by atoms with Gasteiger partial charge in [0.15, 0.2) is 5.69 Å². The van der Waals surface area contributed by atoms with Crippen molar-refractivity contribution in [3.8, 4) is 0 Å². The second-order valence-corrected chi connectivity index (χ2v) is 7.50. The maximum absolute atomic E-state index is 12.3. The standard InChI is InChI=1S/C18H21ClN6O4/c19-12-2-1-11(5-13(12)22-16(26)14-9-29-17(20)23-14)24-3-4-25(18(27)28)15(8-24)10-6-21-7-10/h1-2,5,9-10,15,21H,3-4,6-8H2,(H2,20,23)(H,22,26)(H,27,28). The van der Waals surface area contributed by atoms with E-state index >= 15 is 0 Å². The van der Waals surface area contributed by atoms with Crippen molar-refractivity contribution in [3.63, 3.8) is 0 Å². The molecule has 0 spiro atoms. The van der Waals surface area contributed by atoms with E-state index in [0.29, 0.717) is 30.3 Å². The third kappa shape index (κ3) is 3.94. The predicted molar refractivity (Wildman–Crippen MR) is 107 cm³/mol. The summed E-state index contributed by atoms with van der Waals surface area (Å²) in [5.74, 6) is -0.198. The normalized spacial score (nSPS) is 19.7. The Kier molecular flexibility index (Phi) is 5.20. The Bertz CT molecular complexity index is 931. The molecule has 1 aromatic carbocycles. The number of aromatic nitrogens is 1. The number of oxazole rings is 1. The van der Waals surface area contributed by atoms with Crippen LogP contribution in [0.2, 0.25) is 5.02 Å². The molecule has 154 valence electrons. The number of halogens is 1. The molecule has 1 aromatic heterocycles. The molecular weight excluding hydrogens is 400 g/mol. The van der Waals surface area contributed by atoms with Gasteiger partial charge >= 0.3 is 6.09 Å². The van der Waals surface area contributed by atoms with Crippen LogP contribution in [0.1, 0.15) is 10.5 Å². The lowest BCUT2D eigenvalue weighted by Crippen LogP contribution is -2.63. The molecule has 2 fully saturated rings. The number of nitrogens with one attached hydrogen (secondary N) is 2. The third-order valence-corrected chi connectivity index (χ3v) is 5.67. The Labute approximate surface area is 171 Å². The van der Waals surface area contributed by atoms with Crippen molar-refractivity contribution in [1.82, 2.24) is 15.2 Å². The monoisotopic (exact) mass is 420 g/mol. The number of carboxylic acid groups (broad SMARTS) is 1. The number of amides is 2. The molecule has 1 atom stereocenters. The van der Waals surface area contributed by atoms with Gasteiger partial charge in [-0.15, -0.1) is 0 Å². The van der Waals surface area contributed by atoms with Crippen molar-refractivity contribution in [3.05, 3.63) is 35.2 Å². The van der Waals surface area contributed by atoms with Crippen LogP contribution in [0.4, 0.5) is 22.2 Å². The number of carbonyl (C=O) groups is 2. The highest BCUT2D eigenvalue weighted by atomic mass is 35.5. The largest absolute Gasteiger partial charge is 0.465 e. The maximum Gasteiger partial charge on any atom is 0.407 e. The lowest BCUT2D eigenvalue weighted by Gasteiger charge is -2.47. The molecule has 3 heterocycles. The van der Waals surface area contributed by atoms with Gasteiger partial charge in [-0.3, -0.25) is 4.79 Å². The maximum atomic E-state index is 12.3. The highest BCUT2D eigenvalue weighted by Gasteiger charge is 2.38. The molecule has 10 nitrogen and oxygen atoms in total. The van der Waals surface area contributed by atoms with Gasteiger partial charge in [-0.05, 0) is 18.2 Å². The average Bonchev–Trinajstić information content (AvgIpc) is 3.08. The first-order valence-corrected chi connectivity index (χ1v) is 9.57. The van der Waals surface area contributed by atoms with Gasteiger partial charge in [0.25, 0.3) is 11.9 Å². The highest BCUT2D eigenvalue weighted by molar-refractivity contribution is 6.34. The van der Waals surface area contributed by atoms with Crippen LogP contribution in [0.3, 0.4) is 0 Å². The van der Waals surface area contributed by atoms with Crippen molar-refractivity contribution in [2.24, 2.45) is 5.92 Å². The van der Waals surface area contributed by atoms with E-state index < -0.39 is 12.0 Å². The molecule has 2 aromatic rings. The van der Waals surface area contributed by atoms with E-state index in [1.165, 1.54) is 11.2 Å². The van der Waals surface area contributed by atoms with E-state index in [2.05, 4.69) is 20.5 Å². The van der Waals surface area contributed by atoms with Gasteiger partial charge in [0.1, 0.15) is 6.26 Å². The van der Waals surface area contributed by atoms with Gasteiger partial charge in [-0.2, -0.15) is 4.98 Å². The summed E-state index contributed by atoms with van der Waals surface area (Å²) >= 11 is 6.25. The van der Waals surface area contributed by atoms with E-state index in [1.807, 2.05) is 6.07 Å². The molecule has 0 bridgehead atoms. The lowest BCUT2D eigenvalue weighted by molar-refractivity contribution is 0.0820. The zero-order valence-electron chi connectivity index (χ0n) is 15.5. The Hall–Kier alpha value is -2.98. The second kappa shape index (κ2) is 7.80. The Balaban J connectivity index is 1.52. The number of anilines is 3. The Morgan fingerprint density at radius 2 is 2.14 bits per heavy atom. The van der Waals surface area contributed by atoms with Crippen molar-refractivity contribution >= 4 is 41.0 Å². The molecule has 4 rings (SSSR count). The second-order valence-electron chi connectivity index (χ2n) is 7.10. The minimum atomic E-state index is -0.891. The summed E-state index contributed by atoms with van der Waals surface area (Å²) in [6.07, 6.45) is 0.280. The van der Waals surface area contributed by atoms with E-state index in [9.17, 15) is 14.7 Å². The number of benzene rings is 1. The third-order valence-electron chi connectivity index (χ3n) is 5.34. The number of carbonyl (C=O) groups excluding carboxylic acids is 1. The Morgan fingerprint density at radius 3 is 2.76 bits per heavy atom. The van der Waals surface area contributed by atoms with Gasteiger partial charge in [0, 0.05) is 44.3 Å². The number of rotatable bonds is 4. The number of piperazine rings is 1. The molecule has 2 saturated heterocycles. The van der Waals surface area contributed by atoms with Crippen LogP contribution in [-0.4, -0.2) is 65.8 Å². The van der Waals surface area contributed by atoms with Gasteiger partial charge in [0.05, 0.1) is 16.8 Å². The summed E-state index contributed by atoms with van der Waals surface area (Å²) in [6, 6.07) is 5.15.